The number of hydrogen-bond acceptors (Lipinski definition) is 7. The number of rotatable bonds is 7. The zero-order chi connectivity index (χ0) is 23.6. The highest BCUT2D eigenvalue weighted by Crippen LogP contribution is 2.28. The fourth-order valence-corrected chi connectivity index (χ4v) is 2.85. The van der Waals surface area contributed by atoms with E-state index in [-0.39, 0.29) is 23.9 Å². The summed E-state index contributed by atoms with van der Waals surface area (Å²) in [7, 11) is 0. The fourth-order valence-electron chi connectivity index (χ4n) is 2.85. The summed E-state index contributed by atoms with van der Waals surface area (Å²) in [6.45, 7) is -0.0127. The average molecular weight is 469 g/mol. The van der Waals surface area contributed by atoms with Gasteiger partial charge in [-0.3, -0.25) is 0 Å². The van der Waals surface area contributed by atoms with E-state index in [0.717, 1.165) is 12.5 Å². The maximum atomic E-state index is 13.3. The van der Waals surface area contributed by atoms with Crippen molar-refractivity contribution in [2.24, 2.45) is 0 Å². The van der Waals surface area contributed by atoms with E-state index in [0.29, 0.717) is 5.56 Å². The van der Waals surface area contributed by atoms with Gasteiger partial charge in [0.2, 0.25) is 5.95 Å². The van der Waals surface area contributed by atoms with Crippen LogP contribution < -0.4 is 5.32 Å². The Kier molecular flexibility index (Phi) is 5.98. The van der Waals surface area contributed by atoms with E-state index in [9.17, 15) is 26.3 Å². The van der Waals surface area contributed by atoms with E-state index in [1.165, 1.54) is 41.2 Å². The Balaban J connectivity index is 1.55. The standard InChI is InChI=1S/C19H13F6N7O/c20-12-3-1-10(2-4-12)13(7-32-8-14(28-9-32)19(23,24)25)29-18-26-5-11(6-27-18)16-30-31-17(33-16)15(21)22/h1-6,8-9,13,15H,7H2,(H,26,27,29)/t13-/m0/s1. The Bertz CT molecular complexity index is 1200. The summed E-state index contributed by atoms with van der Waals surface area (Å²) in [5, 5.41) is 9.67. The molecular weight excluding hydrogens is 456 g/mol. The van der Waals surface area contributed by atoms with Gasteiger partial charge in [0.05, 0.1) is 17.9 Å². The lowest BCUT2D eigenvalue weighted by Gasteiger charge is -2.20. The molecule has 4 rings (SSSR count). The third-order valence-electron chi connectivity index (χ3n) is 4.42. The highest BCUT2D eigenvalue weighted by Gasteiger charge is 2.33. The SMILES string of the molecule is Fc1ccc([C@H](Cn2cnc(C(F)(F)F)c2)Nc2ncc(-c3nnc(C(F)F)o3)cn2)cc1. The van der Waals surface area contributed by atoms with Crippen molar-refractivity contribution in [2.45, 2.75) is 25.2 Å². The van der Waals surface area contributed by atoms with Crippen molar-refractivity contribution in [1.82, 2.24) is 29.7 Å². The summed E-state index contributed by atoms with van der Waals surface area (Å²) in [6.07, 6.45) is -3.15. The van der Waals surface area contributed by atoms with Gasteiger partial charge in [-0.05, 0) is 17.7 Å². The Morgan fingerprint density at radius 3 is 2.27 bits per heavy atom. The number of imidazole rings is 1. The summed E-state index contributed by atoms with van der Waals surface area (Å²) in [5.41, 5.74) is -0.323. The minimum absolute atomic E-state index is 0.0127. The predicted molar refractivity (Wildman–Crippen MR) is 100 cm³/mol. The molecule has 0 amide bonds. The van der Waals surface area contributed by atoms with Crippen LogP contribution in [0.4, 0.5) is 32.3 Å². The molecule has 0 bridgehead atoms. The van der Waals surface area contributed by atoms with Gasteiger partial charge in [-0.2, -0.15) is 22.0 Å². The first-order valence-corrected chi connectivity index (χ1v) is 9.24. The number of alkyl halides is 5. The molecule has 1 N–H and O–H groups in total. The van der Waals surface area contributed by atoms with Crippen LogP contribution in [0.25, 0.3) is 11.5 Å². The van der Waals surface area contributed by atoms with E-state index in [1.54, 1.807) is 0 Å². The zero-order valence-corrected chi connectivity index (χ0v) is 16.3. The lowest BCUT2D eigenvalue weighted by Crippen LogP contribution is -2.18. The van der Waals surface area contributed by atoms with E-state index in [4.69, 9.17) is 4.42 Å². The van der Waals surface area contributed by atoms with Gasteiger partial charge < -0.3 is 14.3 Å². The van der Waals surface area contributed by atoms with Crippen LogP contribution in [0.1, 0.15) is 29.6 Å². The van der Waals surface area contributed by atoms with Crippen molar-refractivity contribution in [3.05, 3.63) is 72.1 Å². The second-order valence-electron chi connectivity index (χ2n) is 6.74. The molecule has 3 heterocycles. The Hall–Kier alpha value is -3.97. The largest absolute Gasteiger partial charge is 0.434 e. The fraction of sp³-hybridized carbons (Fsp3) is 0.211. The van der Waals surface area contributed by atoms with E-state index >= 15 is 0 Å². The number of halogens is 6. The number of benzene rings is 1. The van der Waals surface area contributed by atoms with Crippen LogP contribution in [0, 0.1) is 5.82 Å². The van der Waals surface area contributed by atoms with Crippen LogP contribution in [-0.2, 0) is 12.7 Å². The van der Waals surface area contributed by atoms with Gasteiger partial charge in [0.25, 0.3) is 11.8 Å². The minimum atomic E-state index is -4.60. The molecule has 14 heteroatoms. The molecule has 172 valence electrons. The summed E-state index contributed by atoms with van der Waals surface area (Å²) in [5.74, 6) is -1.46. The van der Waals surface area contributed by atoms with Gasteiger partial charge in [0.1, 0.15) is 5.82 Å². The summed E-state index contributed by atoms with van der Waals surface area (Å²) >= 11 is 0. The van der Waals surface area contributed by atoms with Crippen LogP contribution in [0.15, 0.2) is 53.6 Å². The Labute approximate surface area is 181 Å². The van der Waals surface area contributed by atoms with Crippen LogP contribution >= 0.6 is 0 Å². The van der Waals surface area contributed by atoms with Gasteiger partial charge in [-0.25, -0.2) is 19.3 Å². The zero-order valence-electron chi connectivity index (χ0n) is 16.3. The number of nitrogens with zero attached hydrogens (tertiary/aromatic N) is 6. The molecule has 0 saturated heterocycles. The number of nitrogens with one attached hydrogen (secondary N) is 1. The molecule has 0 aliphatic rings. The summed E-state index contributed by atoms with van der Waals surface area (Å²) in [4.78, 5) is 11.5. The average Bonchev–Trinajstić information content (AvgIpc) is 3.44. The van der Waals surface area contributed by atoms with Gasteiger partial charge >= 0.3 is 12.6 Å². The maximum absolute atomic E-state index is 13.3. The molecule has 0 aliphatic carbocycles. The molecule has 0 aliphatic heterocycles. The summed E-state index contributed by atoms with van der Waals surface area (Å²) in [6, 6.07) is 4.68. The van der Waals surface area contributed by atoms with E-state index in [1.807, 2.05) is 0 Å². The third-order valence-corrected chi connectivity index (χ3v) is 4.42. The third kappa shape index (κ3) is 5.27. The van der Waals surface area contributed by atoms with Crippen molar-refractivity contribution in [3.63, 3.8) is 0 Å². The number of hydrogen-bond donors (Lipinski definition) is 1. The molecule has 0 radical (unpaired) electrons. The molecule has 1 atom stereocenters. The second-order valence-corrected chi connectivity index (χ2v) is 6.74. The molecular formula is C19H13F6N7O. The predicted octanol–water partition coefficient (Wildman–Crippen LogP) is 4.67. The van der Waals surface area contributed by atoms with Crippen LogP contribution in [0.3, 0.4) is 0 Å². The van der Waals surface area contributed by atoms with Crippen molar-refractivity contribution >= 4 is 5.95 Å². The lowest BCUT2D eigenvalue weighted by atomic mass is 10.1. The number of anilines is 1. The molecule has 1 aromatic carbocycles. The molecule has 0 unspecified atom stereocenters. The highest BCUT2D eigenvalue weighted by atomic mass is 19.4. The van der Waals surface area contributed by atoms with Gasteiger partial charge in [0, 0.05) is 25.1 Å². The molecule has 8 nitrogen and oxygen atoms in total. The smallest absolute Gasteiger partial charge is 0.415 e. The molecule has 0 spiro atoms. The van der Waals surface area contributed by atoms with Gasteiger partial charge in [0.15, 0.2) is 5.69 Å². The quantitative estimate of drug-likeness (QED) is 0.393. The van der Waals surface area contributed by atoms with Gasteiger partial charge in [-0.1, -0.05) is 12.1 Å². The first-order valence-electron chi connectivity index (χ1n) is 9.24. The topological polar surface area (TPSA) is 94.6 Å². The van der Waals surface area contributed by atoms with Crippen LogP contribution in [-0.4, -0.2) is 29.7 Å². The summed E-state index contributed by atoms with van der Waals surface area (Å²) < 4.78 is 83.2. The van der Waals surface area contributed by atoms with Crippen LogP contribution in [0.2, 0.25) is 0 Å². The lowest BCUT2D eigenvalue weighted by molar-refractivity contribution is -0.141. The molecule has 0 fully saturated rings. The monoisotopic (exact) mass is 469 g/mol. The first-order chi connectivity index (χ1) is 15.7. The Morgan fingerprint density at radius 2 is 1.70 bits per heavy atom. The highest BCUT2D eigenvalue weighted by molar-refractivity contribution is 5.50. The van der Waals surface area contributed by atoms with Gasteiger partial charge in [-0.15, -0.1) is 10.2 Å². The minimum Gasteiger partial charge on any atom is -0.415 e. The van der Waals surface area contributed by atoms with Crippen molar-refractivity contribution in [1.29, 1.82) is 0 Å². The second kappa shape index (κ2) is 8.88. The normalized spacial score (nSPS) is 12.8. The first kappa shape index (κ1) is 22.2. The molecule has 0 saturated carbocycles. The molecule has 33 heavy (non-hydrogen) atoms. The molecule has 4 aromatic rings. The van der Waals surface area contributed by atoms with Crippen molar-refractivity contribution in [2.75, 3.05) is 5.32 Å². The number of aromatic nitrogens is 6. The van der Waals surface area contributed by atoms with Crippen molar-refractivity contribution < 1.29 is 30.8 Å². The van der Waals surface area contributed by atoms with Crippen LogP contribution in [0.5, 0.6) is 0 Å². The van der Waals surface area contributed by atoms with E-state index in [2.05, 4.69) is 30.5 Å². The maximum Gasteiger partial charge on any atom is 0.434 e. The van der Waals surface area contributed by atoms with Crippen molar-refractivity contribution in [3.8, 4) is 11.5 Å². The molecule has 3 aromatic heterocycles. The Morgan fingerprint density at radius 1 is 1.00 bits per heavy atom. The van der Waals surface area contributed by atoms with E-state index < -0.39 is 36.0 Å².